The number of cyclic esters (lactones) is 1. The molecule has 0 bridgehead atoms. The predicted octanol–water partition coefficient (Wildman–Crippen LogP) is 8.40. The molecular formula is C29H29F9N2O5. The number of carboxylic acid groups (broad SMARTS) is 1. The molecule has 1 saturated carbocycles. The van der Waals surface area contributed by atoms with Gasteiger partial charge in [-0.05, 0) is 92.0 Å². The van der Waals surface area contributed by atoms with Crippen LogP contribution in [0.5, 0.6) is 5.75 Å². The molecule has 2 aliphatic rings. The zero-order valence-electron chi connectivity index (χ0n) is 23.7. The summed E-state index contributed by atoms with van der Waals surface area (Å²) in [6.07, 6.45) is -15.1. The summed E-state index contributed by atoms with van der Waals surface area (Å²) in [4.78, 5) is 24.8. The molecule has 2 N–H and O–H groups in total. The highest BCUT2D eigenvalue weighted by molar-refractivity contribution is 5.72. The zero-order valence-corrected chi connectivity index (χ0v) is 23.7. The number of hydrogen-bond acceptors (Lipinski definition) is 5. The topological polar surface area (TPSA) is 88.1 Å². The van der Waals surface area contributed by atoms with Crippen molar-refractivity contribution < 1.29 is 63.7 Å². The van der Waals surface area contributed by atoms with Gasteiger partial charge in [0, 0.05) is 18.7 Å². The molecule has 1 aliphatic heterocycles. The first kappa shape index (κ1) is 34.0. The quantitative estimate of drug-likeness (QED) is 0.264. The molecule has 1 aliphatic carbocycles. The summed E-state index contributed by atoms with van der Waals surface area (Å²) in [6, 6.07) is 3.14. The fraction of sp³-hybridized carbons (Fsp3) is 0.517. The number of nitrogens with zero attached hydrogens (tertiary/aromatic N) is 1. The first-order valence-corrected chi connectivity index (χ1v) is 13.9. The second-order valence-corrected chi connectivity index (χ2v) is 11.2. The van der Waals surface area contributed by atoms with E-state index in [1.54, 1.807) is 0 Å². The average molecular weight is 657 g/mol. The average Bonchev–Trinajstić information content (AvgIpc) is 3.19. The van der Waals surface area contributed by atoms with Gasteiger partial charge in [-0.2, -0.15) is 26.3 Å². The lowest BCUT2D eigenvalue weighted by atomic mass is 9.80. The third-order valence-corrected chi connectivity index (χ3v) is 7.99. The Balaban J connectivity index is 1.56. The van der Waals surface area contributed by atoms with Crippen LogP contribution in [0.4, 0.5) is 50.0 Å². The largest absolute Gasteiger partial charge is 0.573 e. The lowest BCUT2D eigenvalue weighted by Crippen LogP contribution is -2.32. The number of halogens is 9. The molecule has 16 heteroatoms. The van der Waals surface area contributed by atoms with Crippen molar-refractivity contribution in [2.24, 2.45) is 11.8 Å². The highest BCUT2D eigenvalue weighted by atomic mass is 19.4. The molecule has 45 heavy (non-hydrogen) atoms. The summed E-state index contributed by atoms with van der Waals surface area (Å²) in [5, 5.41) is 12.2. The van der Waals surface area contributed by atoms with Gasteiger partial charge in [0.25, 0.3) is 0 Å². The predicted molar refractivity (Wildman–Crippen MR) is 140 cm³/mol. The first-order chi connectivity index (χ1) is 20.8. The number of carbonyl (C=O) groups is 2. The molecule has 1 heterocycles. The van der Waals surface area contributed by atoms with Crippen molar-refractivity contribution in [1.29, 1.82) is 0 Å². The third kappa shape index (κ3) is 8.87. The van der Waals surface area contributed by atoms with Crippen molar-refractivity contribution in [2.75, 3.05) is 11.9 Å². The Morgan fingerprint density at radius 1 is 0.933 bits per heavy atom. The van der Waals surface area contributed by atoms with Crippen LogP contribution in [0.1, 0.15) is 67.4 Å². The van der Waals surface area contributed by atoms with E-state index in [-0.39, 0.29) is 29.9 Å². The summed E-state index contributed by atoms with van der Waals surface area (Å²) in [5.41, 5.74) is -3.28. The molecule has 0 unspecified atom stereocenters. The third-order valence-electron chi connectivity index (χ3n) is 7.99. The summed E-state index contributed by atoms with van der Waals surface area (Å²) in [6.45, 7) is 1.30. The number of carboxylic acids is 1. The second kappa shape index (κ2) is 12.9. The van der Waals surface area contributed by atoms with E-state index in [9.17, 15) is 49.1 Å². The Labute approximate surface area is 251 Å². The van der Waals surface area contributed by atoms with Gasteiger partial charge in [-0.25, -0.2) is 4.79 Å². The van der Waals surface area contributed by atoms with Gasteiger partial charge < -0.3 is 19.9 Å². The Morgan fingerprint density at radius 2 is 1.51 bits per heavy atom. The molecule has 2 fully saturated rings. The van der Waals surface area contributed by atoms with Crippen molar-refractivity contribution in [3.63, 3.8) is 0 Å². The normalized spacial score (nSPS) is 22.7. The van der Waals surface area contributed by atoms with Gasteiger partial charge in [-0.1, -0.05) is 0 Å². The molecule has 7 nitrogen and oxygen atoms in total. The van der Waals surface area contributed by atoms with E-state index >= 15 is 0 Å². The SMILES string of the molecule is C[C@H]1[C@@H](c2cc(C(F)(F)F)cc(C(F)(F)F)c2)OC(=O)N1Cc1cc(OC(F)(F)F)ccc1NCC1CCC(CC(=O)O)CC1. The fourth-order valence-electron chi connectivity index (χ4n) is 5.70. The Morgan fingerprint density at radius 3 is 2.04 bits per heavy atom. The molecule has 248 valence electrons. The van der Waals surface area contributed by atoms with Gasteiger partial charge in [0.05, 0.1) is 23.7 Å². The number of carbonyl (C=O) groups excluding carboxylic acids is 1. The molecule has 4 rings (SSSR count). The maximum Gasteiger partial charge on any atom is 0.573 e. The van der Waals surface area contributed by atoms with Crippen molar-refractivity contribution in [2.45, 2.75) is 76.4 Å². The number of aliphatic carboxylic acids is 1. The Bertz CT molecular complexity index is 1350. The van der Waals surface area contributed by atoms with E-state index in [0.717, 1.165) is 17.0 Å². The van der Waals surface area contributed by atoms with Crippen LogP contribution >= 0.6 is 0 Å². The zero-order chi connectivity index (χ0) is 33.3. The minimum atomic E-state index is -5.13. The molecule has 2 aromatic rings. The first-order valence-electron chi connectivity index (χ1n) is 13.9. The number of hydrogen-bond donors (Lipinski definition) is 2. The minimum Gasteiger partial charge on any atom is -0.481 e. The maximum atomic E-state index is 13.4. The number of benzene rings is 2. The van der Waals surface area contributed by atoms with Crippen LogP contribution in [0.15, 0.2) is 36.4 Å². The van der Waals surface area contributed by atoms with Crippen molar-refractivity contribution in [3.05, 3.63) is 58.7 Å². The highest BCUT2D eigenvalue weighted by Gasteiger charge is 2.43. The molecule has 2 atom stereocenters. The Kier molecular flexibility index (Phi) is 9.73. The number of alkyl halides is 9. The van der Waals surface area contributed by atoms with Crippen molar-refractivity contribution >= 4 is 17.7 Å². The van der Waals surface area contributed by atoms with E-state index < -0.39 is 71.9 Å². The van der Waals surface area contributed by atoms with Crippen LogP contribution in [-0.4, -0.2) is 41.0 Å². The Hall–Kier alpha value is -3.85. The summed E-state index contributed by atoms with van der Waals surface area (Å²) in [7, 11) is 0. The molecule has 1 saturated heterocycles. The molecule has 0 aromatic heterocycles. The van der Waals surface area contributed by atoms with Crippen LogP contribution in [-0.2, 0) is 28.4 Å². The minimum absolute atomic E-state index is 0.0489. The van der Waals surface area contributed by atoms with Gasteiger partial charge in [0.2, 0.25) is 0 Å². The molecule has 0 radical (unpaired) electrons. The van der Waals surface area contributed by atoms with Gasteiger partial charge in [0.15, 0.2) is 0 Å². The number of nitrogens with one attached hydrogen (secondary N) is 1. The summed E-state index contributed by atoms with van der Waals surface area (Å²) >= 11 is 0. The molecule has 0 spiro atoms. The number of amides is 1. The number of rotatable bonds is 9. The smallest absolute Gasteiger partial charge is 0.481 e. The van der Waals surface area contributed by atoms with Crippen molar-refractivity contribution in [3.8, 4) is 5.75 Å². The molecular weight excluding hydrogens is 627 g/mol. The summed E-state index contributed by atoms with van der Waals surface area (Å²) < 4.78 is 129. The fourth-order valence-corrected chi connectivity index (χ4v) is 5.70. The maximum absolute atomic E-state index is 13.4. The van der Waals surface area contributed by atoms with Crippen LogP contribution in [0, 0.1) is 11.8 Å². The highest BCUT2D eigenvalue weighted by Crippen LogP contribution is 2.42. The van der Waals surface area contributed by atoms with E-state index in [0.29, 0.717) is 50.0 Å². The summed E-state index contributed by atoms with van der Waals surface area (Å²) in [5.74, 6) is -1.32. The lowest BCUT2D eigenvalue weighted by molar-refractivity contribution is -0.274. The lowest BCUT2D eigenvalue weighted by Gasteiger charge is -2.29. The second-order valence-electron chi connectivity index (χ2n) is 11.2. The number of ether oxygens (including phenoxy) is 2. The number of anilines is 1. The molecule has 2 aromatic carbocycles. The van der Waals surface area contributed by atoms with Crippen LogP contribution in [0.2, 0.25) is 0 Å². The van der Waals surface area contributed by atoms with E-state index in [1.807, 2.05) is 0 Å². The van der Waals surface area contributed by atoms with Crippen LogP contribution in [0.3, 0.4) is 0 Å². The van der Waals surface area contributed by atoms with Crippen LogP contribution < -0.4 is 10.1 Å². The van der Waals surface area contributed by atoms with E-state index in [4.69, 9.17) is 9.84 Å². The monoisotopic (exact) mass is 656 g/mol. The van der Waals surface area contributed by atoms with Gasteiger partial charge >= 0.3 is 30.8 Å². The van der Waals surface area contributed by atoms with E-state index in [2.05, 4.69) is 10.1 Å². The van der Waals surface area contributed by atoms with Gasteiger partial charge in [0.1, 0.15) is 11.9 Å². The van der Waals surface area contributed by atoms with Gasteiger partial charge in [-0.15, -0.1) is 13.2 Å². The standard InChI is InChI=1S/C29H29F9N2O5/c1-15-25(18-9-20(27(30,31)32)12-21(10-18)28(33,34)35)44-26(43)40(15)14-19-11-22(45-29(36,37)38)6-7-23(19)39-13-17-4-2-16(3-5-17)8-24(41)42/h6-7,9-12,15-17,25,39H,2-5,8,13-14H2,1H3,(H,41,42)/t15-,16?,17?,25-/m0/s1. The van der Waals surface area contributed by atoms with E-state index in [1.165, 1.54) is 13.0 Å². The van der Waals surface area contributed by atoms with Crippen molar-refractivity contribution in [1.82, 2.24) is 4.90 Å². The van der Waals surface area contributed by atoms with Gasteiger partial charge in [-0.3, -0.25) is 9.69 Å². The molecule has 1 amide bonds. The van der Waals surface area contributed by atoms with Crippen LogP contribution in [0.25, 0.3) is 0 Å².